The fraction of sp³-hybridized carbons (Fsp3) is 0.200. The second kappa shape index (κ2) is 6.56. The second-order valence-electron chi connectivity index (χ2n) is 4.57. The summed E-state index contributed by atoms with van der Waals surface area (Å²) < 4.78 is 5.57. The Labute approximate surface area is 126 Å². The first-order chi connectivity index (χ1) is 9.97. The molecule has 1 N–H and O–H groups in total. The van der Waals surface area contributed by atoms with Crippen LogP contribution in [0.15, 0.2) is 42.5 Å². The van der Waals surface area contributed by atoms with Crippen molar-refractivity contribution in [2.45, 2.75) is 19.6 Å². The third kappa shape index (κ3) is 3.93. The van der Waals surface area contributed by atoms with Gasteiger partial charge in [-0.25, -0.2) is 0 Å². The lowest BCUT2D eigenvalue weighted by atomic mass is 10.1. The normalized spacial score (nSPS) is 12.0. The summed E-state index contributed by atoms with van der Waals surface area (Å²) in [5.74, 6) is 0.633. The number of non-ortho nitro benzene ring substituents is 1. The van der Waals surface area contributed by atoms with Crippen LogP contribution in [-0.2, 0) is 6.61 Å². The van der Waals surface area contributed by atoms with Crippen molar-refractivity contribution in [3.63, 3.8) is 0 Å². The average Bonchev–Trinajstić information content (AvgIpc) is 2.46. The molecule has 0 heterocycles. The molecular weight excluding hydrogens is 294 g/mol. The molecule has 0 aliphatic heterocycles. The number of nitrogens with zero attached hydrogens (tertiary/aromatic N) is 1. The zero-order chi connectivity index (χ0) is 15.4. The molecule has 2 aromatic carbocycles. The van der Waals surface area contributed by atoms with Gasteiger partial charge < -0.3 is 9.84 Å². The monoisotopic (exact) mass is 307 g/mol. The summed E-state index contributed by atoms with van der Waals surface area (Å²) in [5, 5.41) is 20.3. The van der Waals surface area contributed by atoms with Crippen LogP contribution in [0.2, 0.25) is 5.02 Å². The smallest absolute Gasteiger partial charge is 0.270 e. The maximum absolute atomic E-state index is 10.6. The lowest BCUT2D eigenvalue weighted by Crippen LogP contribution is -1.98. The van der Waals surface area contributed by atoms with Gasteiger partial charge in [0.2, 0.25) is 0 Å². The number of nitro groups is 1. The molecule has 21 heavy (non-hydrogen) atoms. The van der Waals surface area contributed by atoms with Crippen molar-refractivity contribution in [3.05, 3.63) is 68.7 Å². The number of hydrogen-bond acceptors (Lipinski definition) is 4. The van der Waals surface area contributed by atoms with Crippen LogP contribution in [0.4, 0.5) is 5.69 Å². The summed E-state index contributed by atoms with van der Waals surface area (Å²) in [6.07, 6.45) is -0.525. The van der Waals surface area contributed by atoms with Gasteiger partial charge in [-0.1, -0.05) is 23.7 Å². The van der Waals surface area contributed by atoms with E-state index in [1.807, 2.05) is 0 Å². The Morgan fingerprint density at radius 3 is 2.48 bits per heavy atom. The SMILES string of the molecule is C[C@H](O)c1ccc(OCc2ccc([N+](=O)[O-])cc2Cl)cc1. The van der Waals surface area contributed by atoms with E-state index in [9.17, 15) is 15.2 Å². The Morgan fingerprint density at radius 2 is 1.95 bits per heavy atom. The minimum atomic E-state index is -0.525. The topological polar surface area (TPSA) is 72.6 Å². The number of aliphatic hydroxyl groups excluding tert-OH is 1. The third-order valence-corrected chi connectivity index (χ3v) is 3.36. The highest BCUT2D eigenvalue weighted by atomic mass is 35.5. The van der Waals surface area contributed by atoms with E-state index in [1.165, 1.54) is 12.1 Å². The predicted octanol–water partition coefficient (Wildman–Crippen LogP) is 3.88. The van der Waals surface area contributed by atoms with E-state index in [4.69, 9.17) is 16.3 Å². The van der Waals surface area contributed by atoms with Crippen molar-refractivity contribution in [3.8, 4) is 5.75 Å². The molecule has 0 fully saturated rings. The van der Waals surface area contributed by atoms with Gasteiger partial charge >= 0.3 is 0 Å². The van der Waals surface area contributed by atoms with Gasteiger partial charge in [0, 0.05) is 17.7 Å². The van der Waals surface area contributed by atoms with Crippen LogP contribution in [0.1, 0.15) is 24.2 Å². The molecule has 1 atom stereocenters. The van der Waals surface area contributed by atoms with Crippen LogP contribution in [0.5, 0.6) is 5.75 Å². The first kappa shape index (κ1) is 15.3. The molecule has 0 radical (unpaired) electrons. The van der Waals surface area contributed by atoms with Crippen molar-refractivity contribution in [2.24, 2.45) is 0 Å². The van der Waals surface area contributed by atoms with E-state index < -0.39 is 11.0 Å². The van der Waals surface area contributed by atoms with E-state index in [-0.39, 0.29) is 12.3 Å². The lowest BCUT2D eigenvalue weighted by molar-refractivity contribution is -0.384. The number of aliphatic hydroxyl groups is 1. The Bertz CT molecular complexity index is 641. The van der Waals surface area contributed by atoms with Crippen molar-refractivity contribution in [2.75, 3.05) is 0 Å². The minimum absolute atomic E-state index is 0.0509. The van der Waals surface area contributed by atoms with Crippen LogP contribution >= 0.6 is 11.6 Å². The molecule has 0 saturated heterocycles. The number of hydrogen-bond donors (Lipinski definition) is 1. The largest absolute Gasteiger partial charge is 0.489 e. The van der Waals surface area contributed by atoms with Crippen LogP contribution in [0, 0.1) is 10.1 Å². The van der Waals surface area contributed by atoms with Gasteiger partial charge in [-0.05, 0) is 30.7 Å². The van der Waals surface area contributed by atoms with Gasteiger partial charge in [0.15, 0.2) is 0 Å². The molecule has 5 nitrogen and oxygen atoms in total. The van der Waals surface area contributed by atoms with Crippen molar-refractivity contribution >= 4 is 17.3 Å². The molecule has 0 unspecified atom stereocenters. The molecule has 6 heteroatoms. The Balaban J connectivity index is 2.04. The lowest BCUT2D eigenvalue weighted by Gasteiger charge is -2.09. The van der Waals surface area contributed by atoms with Gasteiger partial charge in [-0.3, -0.25) is 10.1 Å². The first-order valence-electron chi connectivity index (χ1n) is 6.31. The Kier molecular flexibility index (Phi) is 4.77. The van der Waals surface area contributed by atoms with E-state index in [1.54, 1.807) is 37.3 Å². The van der Waals surface area contributed by atoms with Gasteiger partial charge in [0.25, 0.3) is 5.69 Å². The summed E-state index contributed by atoms with van der Waals surface area (Å²) in [6, 6.07) is 11.3. The number of nitro benzene ring substituents is 1. The van der Waals surface area contributed by atoms with Crippen LogP contribution in [0.25, 0.3) is 0 Å². The summed E-state index contributed by atoms with van der Waals surface area (Å²) >= 11 is 5.99. The van der Waals surface area contributed by atoms with Gasteiger partial charge in [-0.2, -0.15) is 0 Å². The molecule has 110 valence electrons. The molecule has 0 aromatic heterocycles. The molecule has 0 bridgehead atoms. The zero-order valence-corrected chi connectivity index (χ0v) is 12.1. The molecule has 0 aliphatic rings. The first-order valence-corrected chi connectivity index (χ1v) is 6.69. The predicted molar refractivity (Wildman–Crippen MR) is 79.5 cm³/mol. The van der Waals surface area contributed by atoms with E-state index in [0.29, 0.717) is 16.3 Å². The van der Waals surface area contributed by atoms with Crippen LogP contribution in [-0.4, -0.2) is 10.0 Å². The minimum Gasteiger partial charge on any atom is -0.489 e. The Morgan fingerprint density at radius 1 is 1.29 bits per heavy atom. The highest BCUT2D eigenvalue weighted by Crippen LogP contribution is 2.24. The highest BCUT2D eigenvalue weighted by molar-refractivity contribution is 6.31. The molecule has 0 spiro atoms. The maximum atomic E-state index is 10.6. The van der Waals surface area contributed by atoms with Crippen molar-refractivity contribution in [1.29, 1.82) is 0 Å². The summed E-state index contributed by atoms with van der Waals surface area (Å²) in [6.45, 7) is 1.90. The average molecular weight is 308 g/mol. The van der Waals surface area contributed by atoms with E-state index in [0.717, 1.165) is 5.56 Å². The molecule has 0 aliphatic carbocycles. The fourth-order valence-electron chi connectivity index (χ4n) is 1.77. The number of rotatable bonds is 5. The van der Waals surface area contributed by atoms with Gasteiger partial charge in [0.1, 0.15) is 12.4 Å². The van der Waals surface area contributed by atoms with Gasteiger partial charge in [-0.15, -0.1) is 0 Å². The fourth-order valence-corrected chi connectivity index (χ4v) is 2.00. The number of ether oxygens (including phenoxy) is 1. The molecular formula is C15H14ClNO4. The van der Waals surface area contributed by atoms with Crippen LogP contribution < -0.4 is 4.74 Å². The third-order valence-electron chi connectivity index (χ3n) is 3.00. The summed E-state index contributed by atoms with van der Waals surface area (Å²) in [7, 11) is 0. The number of benzene rings is 2. The quantitative estimate of drug-likeness (QED) is 0.672. The van der Waals surface area contributed by atoms with E-state index in [2.05, 4.69) is 0 Å². The second-order valence-corrected chi connectivity index (χ2v) is 4.97. The summed E-state index contributed by atoms with van der Waals surface area (Å²) in [4.78, 5) is 10.1. The summed E-state index contributed by atoms with van der Waals surface area (Å²) in [5.41, 5.74) is 1.42. The van der Waals surface area contributed by atoms with Gasteiger partial charge in [0.05, 0.1) is 16.0 Å². The van der Waals surface area contributed by atoms with Crippen molar-refractivity contribution < 1.29 is 14.8 Å². The number of halogens is 1. The zero-order valence-electron chi connectivity index (χ0n) is 11.3. The van der Waals surface area contributed by atoms with Crippen LogP contribution in [0.3, 0.4) is 0 Å². The highest BCUT2D eigenvalue weighted by Gasteiger charge is 2.10. The molecule has 0 saturated carbocycles. The maximum Gasteiger partial charge on any atom is 0.270 e. The molecule has 2 rings (SSSR count). The molecule has 0 amide bonds. The molecule has 2 aromatic rings. The standard InChI is InChI=1S/C15H14ClNO4/c1-10(18)11-3-6-14(7-4-11)21-9-12-2-5-13(17(19)20)8-15(12)16/h2-8,10,18H,9H2,1H3/t10-/m0/s1. The van der Waals surface area contributed by atoms with E-state index >= 15 is 0 Å². The Hall–Kier alpha value is -2.11. The van der Waals surface area contributed by atoms with Crippen molar-refractivity contribution in [1.82, 2.24) is 0 Å².